The highest BCUT2D eigenvalue weighted by atomic mass is 32.2. The molecular formula is C13H13FN2O4S2. The zero-order valence-corrected chi connectivity index (χ0v) is 13.1. The third-order valence-electron chi connectivity index (χ3n) is 3.73. The summed E-state index contributed by atoms with van der Waals surface area (Å²) in [7, 11) is -3.74. The van der Waals surface area contributed by atoms with Gasteiger partial charge in [0.25, 0.3) is 5.24 Å². The molecule has 0 bridgehead atoms. The standard InChI is InChI=1S/C13H13FN2O4S2/c14-9-1-3-11(4-2-9)22(19,20)15-6-5-10(7-15)16-12(17)8-21-13(16)18/h1-4,10H,5-8H2. The van der Waals surface area contributed by atoms with Crippen molar-refractivity contribution in [3.8, 4) is 0 Å². The summed E-state index contributed by atoms with van der Waals surface area (Å²) in [5.74, 6) is -0.676. The summed E-state index contributed by atoms with van der Waals surface area (Å²) >= 11 is 0.935. The molecule has 2 aliphatic heterocycles. The number of carbonyl (C=O) groups is 2. The fourth-order valence-electron chi connectivity index (χ4n) is 2.61. The van der Waals surface area contributed by atoms with Crippen molar-refractivity contribution in [3.05, 3.63) is 30.1 Å². The van der Waals surface area contributed by atoms with Gasteiger partial charge in [0.05, 0.1) is 16.7 Å². The highest BCUT2D eigenvalue weighted by Crippen LogP contribution is 2.29. The molecule has 0 spiro atoms. The summed E-state index contributed by atoms with van der Waals surface area (Å²) in [4.78, 5) is 24.6. The molecule has 1 aromatic rings. The SMILES string of the molecule is O=C1CSC(=O)N1C1CCN(S(=O)(=O)c2ccc(F)cc2)C1. The molecule has 0 saturated carbocycles. The van der Waals surface area contributed by atoms with Crippen LogP contribution in [-0.2, 0) is 14.8 Å². The van der Waals surface area contributed by atoms with Crippen LogP contribution in [0.1, 0.15) is 6.42 Å². The van der Waals surface area contributed by atoms with Crippen molar-refractivity contribution in [1.82, 2.24) is 9.21 Å². The number of rotatable bonds is 3. The largest absolute Gasteiger partial charge is 0.289 e. The normalized spacial score (nSPS) is 23.5. The first-order valence-electron chi connectivity index (χ1n) is 6.64. The fraction of sp³-hybridized carbons (Fsp3) is 0.385. The lowest BCUT2D eigenvalue weighted by atomic mass is 10.2. The molecule has 1 atom stereocenters. The molecule has 1 unspecified atom stereocenters. The van der Waals surface area contributed by atoms with Crippen molar-refractivity contribution in [1.29, 1.82) is 0 Å². The summed E-state index contributed by atoms with van der Waals surface area (Å²) in [5, 5.41) is -0.323. The van der Waals surface area contributed by atoms with Crippen LogP contribution in [0.25, 0.3) is 0 Å². The van der Waals surface area contributed by atoms with Gasteiger partial charge >= 0.3 is 0 Å². The molecule has 6 nitrogen and oxygen atoms in total. The van der Waals surface area contributed by atoms with Crippen molar-refractivity contribution in [2.24, 2.45) is 0 Å². The third-order valence-corrected chi connectivity index (χ3v) is 6.44. The highest BCUT2D eigenvalue weighted by Gasteiger charge is 2.42. The van der Waals surface area contributed by atoms with Gasteiger partial charge in [-0.15, -0.1) is 0 Å². The molecule has 2 saturated heterocycles. The monoisotopic (exact) mass is 344 g/mol. The van der Waals surface area contributed by atoms with Crippen LogP contribution >= 0.6 is 11.8 Å². The third kappa shape index (κ3) is 2.64. The van der Waals surface area contributed by atoms with Crippen LogP contribution in [0.3, 0.4) is 0 Å². The number of hydrogen-bond donors (Lipinski definition) is 0. The van der Waals surface area contributed by atoms with E-state index in [2.05, 4.69) is 0 Å². The number of amides is 2. The molecule has 0 radical (unpaired) electrons. The van der Waals surface area contributed by atoms with Gasteiger partial charge in [-0.3, -0.25) is 14.5 Å². The topological polar surface area (TPSA) is 74.8 Å². The highest BCUT2D eigenvalue weighted by molar-refractivity contribution is 8.14. The minimum atomic E-state index is -3.74. The Morgan fingerprint density at radius 3 is 2.45 bits per heavy atom. The van der Waals surface area contributed by atoms with Gasteiger partial charge in [0.1, 0.15) is 5.82 Å². The summed E-state index contributed by atoms with van der Waals surface area (Å²) in [6.07, 6.45) is 0.415. The van der Waals surface area contributed by atoms with E-state index in [1.807, 2.05) is 0 Å². The maximum Gasteiger partial charge on any atom is 0.289 e. The summed E-state index contributed by atoms with van der Waals surface area (Å²) in [6, 6.07) is 4.17. The molecular weight excluding hydrogens is 331 g/mol. The molecule has 2 heterocycles. The predicted octanol–water partition coefficient (Wildman–Crippen LogP) is 1.28. The number of imide groups is 1. The van der Waals surface area contributed by atoms with Crippen LogP contribution < -0.4 is 0 Å². The quantitative estimate of drug-likeness (QED) is 0.826. The first kappa shape index (κ1) is 15.4. The molecule has 3 rings (SSSR count). The first-order valence-corrected chi connectivity index (χ1v) is 9.07. The van der Waals surface area contributed by atoms with E-state index in [9.17, 15) is 22.4 Å². The molecule has 1 aromatic carbocycles. The van der Waals surface area contributed by atoms with E-state index >= 15 is 0 Å². The minimum Gasteiger partial charge on any atom is -0.273 e. The summed E-state index contributed by atoms with van der Waals surface area (Å²) < 4.78 is 39.1. The van der Waals surface area contributed by atoms with E-state index in [1.165, 1.54) is 16.4 Å². The van der Waals surface area contributed by atoms with Crippen LogP contribution in [0.4, 0.5) is 9.18 Å². The number of thioether (sulfide) groups is 1. The van der Waals surface area contributed by atoms with Crippen molar-refractivity contribution in [2.75, 3.05) is 18.8 Å². The zero-order chi connectivity index (χ0) is 15.9. The van der Waals surface area contributed by atoms with Gasteiger partial charge < -0.3 is 0 Å². The molecule has 0 aromatic heterocycles. The Morgan fingerprint density at radius 1 is 1.18 bits per heavy atom. The van der Waals surface area contributed by atoms with Gasteiger partial charge in [-0.05, 0) is 30.7 Å². The van der Waals surface area contributed by atoms with E-state index in [0.29, 0.717) is 6.42 Å². The van der Waals surface area contributed by atoms with Crippen LogP contribution in [-0.4, -0.2) is 53.7 Å². The molecule has 2 amide bonds. The second kappa shape index (κ2) is 5.64. The lowest BCUT2D eigenvalue weighted by Crippen LogP contribution is -2.41. The fourth-order valence-corrected chi connectivity index (χ4v) is 4.88. The van der Waals surface area contributed by atoms with Crippen molar-refractivity contribution < 1.29 is 22.4 Å². The smallest absolute Gasteiger partial charge is 0.273 e. The summed E-state index contributed by atoms with van der Waals surface area (Å²) in [6.45, 7) is 0.309. The Balaban J connectivity index is 1.78. The number of sulfonamides is 1. The second-order valence-electron chi connectivity index (χ2n) is 5.08. The summed E-state index contributed by atoms with van der Waals surface area (Å²) in [5.41, 5.74) is 0. The Morgan fingerprint density at radius 2 is 1.86 bits per heavy atom. The van der Waals surface area contributed by atoms with Crippen LogP contribution in [0, 0.1) is 5.82 Å². The van der Waals surface area contributed by atoms with Gasteiger partial charge in [0.2, 0.25) is 15.9 Å². The number of carbonyl (C=O) groups excluding carboxylic acids is 2. The van der Waals surface area contributed by atoms with Crippen molar-refractivity contribution >= 4 is 32.9 Å². The van der Waals surface area contributed by atoms with Crippen LogP contribution in [0.5, 0.6) is 0 Å². The van der Waals surface area contributed by atoms with Gasteiger partial charge in [-0.1, -0.05) is 11.8 Å². The molecule has 2 aliphatic rings. The van der Waals surface area contributed by atoms with Gasteiger partial charge in [0, 0.05) is 13.1 Å². The first-order chi connectivity index (χ1) is 10.4. The molecule has 9 heteroatoms. The Kier molecular flexibility index (Phi) is 3.96. The number of halogens is 1. The van der Waals surface area contributed by atoms with Gasteiger partial charge in [-0.25, -0.2) is 12.8 Å². The minimum absolute atomic E-state index is 0.00278. The Labute approximate surface area is 131 Å². The second-order valence-corrected chi connectivity index (χ2v) is 7.94. The van der Waals surface area contributed by atoms with Crippen LogP contribution in [0.15, 0.2) is 29.2 Å². The van der Waals surface area contributed by atoms with Gasteiger partial charge in [-0.2, -0.15) is 4.31 Å². The Bertz CT molecular complexity index is 704. The molecule has 0 N–H and O–H groups in total. The van der Waals surface area contributed by atoms with Gasteiger partial charge in [0.15, 0.2) is 0 Å². The number of benzene rings is 1. The predicted molar refractivity (Wildman–Crippen MR) is 78.3 cm³/mol. The zero-order valence-electron chi connectivity index (χ0n) is 11.4. The van der Waals surface area contributed by atoms with E-state index in [-0.39, 0.29) is 34.9 Å². The average Bonchev–Trinajstić information content (AvgIpc) is 3.07. The maximum atomic E-state index is 12.9. The van der Waals surface area contributed by atoms with Crippen LogP contribution in [0.2, 0.25) is 0 Å². The number of nitrogens with zero attached hydrogens (tertiary/aromatic N) is 2. The van der Waals surface area contributed by atoms with E-state index < -0.39 is 21.9 Å². The molecule has 118 valence electrons. The maximum absolute atomic E-state index is 12.9. The molecule has 0 aliphatic carbocycles. The molecule has 22 heavy (non-hydrogen) atoms. The Hall–Kier alpha value is -1.45. The van der Waals surface area contributed by atoms with Crippen molar-refractivity contribution in [2.45, 2.75) is 17.4 Å². The van der Waals surface area contributed by atoms with E-state index in [1.54, 1.807) is 0 Å². The average molecular weight is 344 g/mol. The molecule has 2 fully saturated rings. The van der Waals surface area contributed by atoms with Crippen molar-refractivity contribution in [3.63, 3.8) is 0 Å². The van der Waals surface area contributed by atoms with E-state index in [0.717, 1.165) is 28.8 Å². The lowest BCUT2D eigenvalue weighted by Gasteiger charge is -2.21. The lowest BCUT2D eigenvalue weighted by molar-refractivity contribution is -0.126. The number of hydrogen-bond acceptors (Lipinski definition) is 5. The van der Waals surface area contributed by atoms with E-state index in [4.69, 9.17) is 0 Å².